The van der Waals surface area contributed by atoms with Gasteiger partial charge in [-0.3, -0.25) is 4.79 Å². The zero-order valence-electron chi connectivity index (χ0n) is 8.97. The van der Waals surface area contributed by atoms with Crippen molar-refractivity contribution in [2.45, 2.75) is 19.0 Å². The van der Waals surface area contributed by atoms with E-state index in [2.05, 4.69) is 5.32 Å². The maximum absolute atomic E-state index is 11.8. The molecule has 7 nitrogen and oxygen atoms in total. The quantitative estimate of drug-likeness (QED) is 0.441. The fraction of sp³-hybridized carbons (Fsp3) is 0.778. The van der Waals surface area contributed by atoms with Crippen LogP contribution in [0.2, 0.25) is 0 Å². The van der Waals surface area contributed by atoms with E-state index in [4.69, 9.17) is 20.7 Å². The first-order valence-corrected chi connectivity index (χ1v) is 4.89. The molecule has 7 heteroatoms. The highest BCUT2D eigenvalue weighted by molar-refractivity contribution is 5.88. The summed E-state index contributed by atoms with van der Waals surface area (Å²) in [4.78, 5) is 22.4. The van der Waals surface area contributed by atoms with Crippen molar-refractivity contribution in [2.75, 3.05) is 19.8 Å². The number of nitrogens with one attached hydrogen (secondary N) is 1. The summed E-state index contributed by atoms with van der Waals surface area (Å²) < 4.78 is 5.07. The number of aliphatic hydroxyl groups excluding tert-OH is 1. The summed E-state index contributed by atoms with van der Waals surface area (Å²) >= 11 is 0. The van der Waals surface area contributed by atoms with Gasteiger partial charge >= 0.3 is 5.97 Å². The number of aliphatic carboxylic acids is 1. The lowest BCUT2D eigenvalue weighted by molar-refractivity contribution is -0.145. The van der Waals surface area contributed by atoms with E-state index in [0.29, 0.717) is 0 Å². The number of hydrogen-bond acceptors (Lipinski definition) is 5. The summed E-state index contributed by atoms with van der Waals surface area (Å²) in [5.41, 5.74) is 4.77. The zero-order chi connectivity index (χ0) is 12.3. The van der Waals surface area contributed by atoms with E-state index in [0.717, 1.165) is 0 Å². The van der Waals surface area contributed by atoms with Crippen molar-refractivity contribution in [3.8, 4) is 0 Å². The van der Waals surface area contributed by atoms with Crippen LogP contribution in [0.15, 0.2) is 0 Å². The van der Waals surface area contributed by atoms with E-state index >= 15 is 0 Å². The minimum absolute atomic E-state index is 0.151. The molecule has 3 unspecified atom stereocenters. The molecule has 1 aliphatic heterocycles. The predicted molar refractivity (Wildman–Crippen MR) is 53.6 cm³/mol. The van der Waals surface area contributed by atoms with Gasteiger partial charge in [0, 0.05) is 6.04 Å². The smallest absolute Gasteiger partial charge is 0.328 e. The highest BCUT2D eigenvalue weighted by Crippen LogP contribution is 2.27. The number of carboxylic acids is 1. The monoisotopic (exact) mass is 232 g/mol. The largest absolute Gasteiger partial charge is 0.480 e. The molecule has 16 heavy (non-hydrogen) atoms. The van der Waals surface area contributed by atoms with Crippen LogP contribution in [0.5, 0.6) is 0 Å². The number of amides is 1. The van der Waals surface area contributed by atoms with Gasteiger partial charge in [-0.15, -0.1) is 0 Å². The molecule has 92 valence electrons. The van der Waals surface area contributed by atoms with Gasteiger partial charge in [0.25, 0.3) is 0 Å². The second-order valence-corrected chi connectivity index (χ2v) is 4.09. The van der Waals surface area contributed by atoms with E-state index in [1.54, 1.807) is 6.92 Å². The van der Waals surface area contributed by atoms with Crippen LogP contribution < -0.4 is 11.1 Å². The molecule has 1 aliphatic rings. The molecule has 0 aromatic carbocycles. The van der Waals surface area contributed by atoms with E-state index in [9.17, 15) is 9.59 Å². The third kappa shape index (κ3) is 2.31. The molecule has 0 aromatic rings. The lowest BCUT2D eigenvalue weighted by atomic mass is 9.84. The van der Waals surface area contributed by atoms with Crippen molar-refractivity contribution >= 4 is 11.9 Å². The normalized spacial score (nSPS) is 31.1. The number of aliphatic hydroxyl groups is 1. The third-order valence-corrected chi connectivity index (χ3v) is 2.82. The summed E-state index contributed by atoms with van der Waals surface area (Å²) in [5, 5.41) is 19.7. The molecule has 0 saturated carbocycles. The molecule has 0 bridgehead atoms. The third-order valence-electron chi connectivity index (χ3n) is 2.82. The highest BCUT2D eigenvalue weighted by atomic mass is 16.5. The van der Waals surface area contributed by atoms with Crippen LogP contribution in [0.4, 0.5) is 0 Å². The molecular formula is C9H16N2O5. The molecule has 1 fully saturated rings. The molecule has 0 aliphatic carbocycles. The van der Waals surface area contributed by atoms with Crippen molar-refractivity contribution in [2.24, 2.45) is 11.1 Å². The summed E-state index contributed by atoms with van der Waals surface area (Å²) in [6.07, 6.45) is 0. The lowest BCUT2D eigenvalue weighted by Gasteiger charge is -2.26. The average Bonchev–Trinajstić information content (AvgIpc) is 2.56. The van der Waals surface area contributed by atoms with Crippen LogP contribution in [0.25, 0.3) is 0 Å². The Kier molecular flexibility index (Phi) is 3.84. The first-order chi connectivity index (χ1) is 7.41. The molecule has 1 saturated heterocycles. The van der Waals surface area contributed by atoms with Crippen LogP contribution in [0.1, 0.15) is 6.92 Å². The summed E-state index contributed by atoms with van der Waals surface area (Å²) in [6, 6.07) is -1.78. The number of carboxylic acid groups (broad SMARTS) is 1. The number of rotatable bonds is 4. The average molecular weight is 232 g/mol. The molecule has 0 aromatic heterocycles. The zero-order valence-corrected chi connectivity index (χ0v) is 8.97. The van der Waals surface area contributed by atoms with Crippen LogP contribution >= 0.6 is 0 Å². The fourth-order valence-electron chi connectivity index (χ4n) is 1.43. The molecule has 0 radical (unpaired) electrons. The number of ether oxygens (including phenoxy) is 1. The summed E-state index contributed by atoms with van der Waals surface area (Å²) in [6.45, 7) is 1.36. The topological polar surface area (TPSA) is 122 Å². The van der Waals surface area contributed by atoms with Crippen molar-refractivity contribution in [3.63, 3.8) is 0 Å². The van der Waals surface area contributed by atoms with Crippen molar-refractivity contribution in [1.82, 2.24) is 5.32 Å². The van der Waals surface area contributed by atoms with Crippen molar-refractivity contribution in [1.29, 1.82) is 0 Å². The molecular weight excluding hydrogens is 216 g/mol. The fourth-order valence-corrected chi connectivity index (χ4v) is 1.43. The Balaban J connectivity index is 2.67. The van der Waals surface area contributed by atoms with Gasteiger partial charge in [-0.05, 0) is 6.92 Å². The van der Waals surface area contributed by atoms with E-state index in [-0.39, 0.29) is 13.2 Å². The second kappa shape index (κ2) is 4.77. The predicted octanol–water partition coefficient (Wildman–Crippen LogP) is -2.09. The molecule has 1 amide bonds. The molecule has 0 spiro atoms. The number of nitrogens with two attached hydrogens (primary N) is 1. The maximum Gasteiger partial charge on any atom is 0.328 e. The highest BCUT2D eigenvalue weighted by Gasteiger charge is 2.45. The first kappa shape index (κ1) is 12.9. The number of carbonyl (C=O) groups excluding carboxylic acids is 1. The van der Waals surface area contributed by atoms with Crippen LogP contribution in [0, 0.1) is 5.41 Å². The molecule has 5 N–H and O–H groups in total. The first-order valence-electron chi connectivity index (χ1n) is 4.89. The van der Waals surface area contributed by atoms with E-state index in [1.807, 2.05) is 0 Å². The standard InChI is InChI=1S/C9H16N2O5/c1-9(4-16-3-6(9)10)8(15)11-5(2-12)7(13)14/h5-6,12H,2-4,10H2,1H3,(H,11,15)(H,13,14). The SMILES string of the molecule is CC1(C(=O)NC(CO)C(=O)O)COCC1N. The van der Waals surface area contributed by atoms with Gasteiger partial charge < -0.3 is 26.0 Å². The minimum Gasteiger partial charge on any atom is -0.480 e. The second-order valence-electron chi connectivity index (χ2n) is 4.09. The molecule has 1 heterocycles. The van der Waals surface area contributed by atoms with E-state index in [1.165, 1.54) is 0 Å². The Morgan fingerprint density at radius 2 is 2.31 bits per heavy atom. The van der Waals surface area contributed by atoms with Crippen LogP contribution in [0.3, 0.4) is 0 Å². The van der Waals surface area contributed by atoms with Crippen molar-refractivity contribution < 1.29 is 24.5 Å². The van der Waals surface area contributed by atoms with Gasteiger partial charge in [-0.2, -0.15) is 0 Å². The van der Waals surface area contributed by atoms with Gasteiger partial charge in [0.05, 0.1) is 25.2 Å². The summed E-state index contributed by atoms with van der Waals surface area (Å²) in [5.74, 6) is -1.80. The maximum atomic E-state index is 11.8. The number of hydrogen-bond donors (Lipinski definition) is 4. The minimum atomic E-state index is -1.31. The molecule has 1 rings (SSSR count). The van der Waals surface area contributed by atoms with E-state index < -0.39 is 36.0 Å². The van der Waals surface area contributed by atoms with Crippen LogP contribution in [-0.4, -0.2) is 54.0 Å². The Morgan fingerprint density at radius 3 is 2.69 bits per heavy atom. The number of carbonyl (C=O) groups is 2. The van der Waals surface area contributed by atoms with Gasteiger partial charge in [-0.1, -0.05) is 0 Å². The van der Waals surface area contributed by atoms with Gasteiger partial charge in [0.2, 0.25) is 5.91 Å². The molecule has 3 atom stereocenters. The Bertz CT molecular complexity index is 296. The Hall–Kier alpha value is -1.18. The van der Waals surface area contributed by atoms with Crippen LogP contribution in [-0.2, 0) is 14.3 Å². The summed E-state index contributed by atoms with van der Waals surface area (Å²) in [7, 11) is 0. The van der Waals surface area contributed by atoms with Gasteiger partial charge in [-0.25, -0.2) is 4.79 Å². The lowest BCUT2D eigenvalue weighted by Crippen LogP contribution is -2.54. The van der Waals surface area contributed by atoms with Crippen molar-refractivity contribution in [3.05, 3.63) is 0 Å². The van der Waals surface area contributed by atoms with Gasteiger partial charge in [0.1, 0.15) is 6.04 Å². The van der Waals surface area contributed by atoms with Gasteiger partial charge in [0.15, 0.2) is 0 Å². The Labute approximate surface area is 92.6 Å². The Morgan fingerprint density at radius 1 is 1.69 bits per heavy atom.